The van der Waals surface area contributed by atoms with E-state index in [1.807, 2.05) is 60.4 Å². The molecule has 4 aromatic carbocycles. The predicted octanol–water partition coefficient (Wildman–Crippen LogP) is 10.4. The van der Waals surface area contributed by atoms with Crippen LogP contribution in [-0.4, -0.2) is 46.9 Å². The van der Waals surface area contributed by atoms with Crippen LogP contribution in [0, 0.1) is 13.8 Å². The Balaban J connectivity index is 0.00000523. The number of hydrogen-bond acceptors (Lipinski definition) is 6. The molecular weight excluding hydrogens is 693 g/mol. The standard InChI is InChI=1S/C43H44ClN3O4.ClH/c1-30(2)36-12-16-38(17-13-36)50-37-14-9-33(10-15-37)28-46-21-23-47(24-22-46)42(48)20-11-35-25-32(4)43(40(44)26-35)51-41-19-18-39(27-45-41)49-29-34-7-5-31(3)6-8-34;/h5-20,25-27,30H,21-24,28-29H2,1-4H3;1H. The van der Waals surface area contributed by atoms with Crippen molar-refractivity contribution < 1.29 is 19.0 Å². The number of carbonyl (C=O) groups excluding carboxylic acids is 1. The first-order valence-electron chi connectivity index (χ1n) is 17.4. The maximum absolute atomic E-state index is 13.1. The highest BCUT2D eigenvalue weighted by Gasteiger charge is 2.20. The molecule has 0 spiro atoms. The molecule has 1 fully saturated rings. The monoisotopic (exact) mass is 737 g/mol. The quantitative estimate of drug-likeness (QED) is 0.119. The minimum atomic E-state index is -0.0134. The van der Waals surface area contributed by atoms with Gasteiger partial charge in [0.25, 0.3) is 0 Å². The van der Waals surface area contributed by atoms with Gasteiger partial charge in [0.2, 0.25) is 11.8 Å². The number of aromatic nitrogens is 1. The fourth-order valence-electron chi connectivity index (χ4n) is 5.83. The minimum absolute atomic E-state index is 0. The Morgan fingerprint density at radius 1 is 0.808 bits per heavy atom. The van der Waals surface area contributed by atoms with E-state index in [9.17, 15) is 4.79 Å². The zero-order valence-corrected chi connectivity index (χ0v) is 31.6. The van der Waals surface area contributed by atoms with Gasteiger partial charge in [-0.15, -0.1) is 12.4 Å². The zero-order chi connectivity index (χ0) is 35.7. The molecule has 1 aromatic heterocycles. The maximum atomic E-state index is 13.1. The van der Waals surface area contributed by atoms with Crippen molar-refractivity contribution >= 4 is 36.0 Å². The van der Waals surface area contributed by atoms with Gasteiger partial charge < -0.3 is 19.1 Å². The van der Waals surface area contributed by atoms with E-state index in [0.717, 1.165) is 47.8 Å². The molecule has 0 bridgehead atoms. The number of piperazine rings is 1. The van der Waals surface area contributed by atoms with Crippen LogP contribution in [0.2, 0.25) is 5.02 Å². The van der Waals surface area contributed by atoms with Crippen molar-refractivity contribution in [1.82, 2.24) is 14.8 Å². The normalized spacial score (nSPS) is 13.2. The summed E-state index contributed by atoms with van der Waals surface area (Å²) >= 11 is 6.63. The molecule has 0 radical (unpaired) electrons. The van der Waals surface area contributed by atoms with Gasteiger partial charge in [0.15, 0.2) is 5.75 Å². The number of halogens is 2. The molecule has 2 heterocycles. The van der Waals surface area contributed by atoms with Crippen LogP contribution < -0.4 is 14.2 Å². The fraction of sp³-hybridized carbons (Fsp3) is 0.256. The van der Waals surface area contributed by atoms with Gasteiger partial charge in [0.1, 0.15) is 23.9 Å². The zero-order valence-electron chi connectivity index (χ0n) is 30.1. The van der Waals surface area contributed by atoms with Crippen LogP contribution in [0.4, 0.5) is 0 Å². The molecule has 52 heavy (non-hydrogen) atoms. The lowest BCUT2D eigenvalue weighted by Gasteiger charge is -2.34. The molecule has 1 aliphatic heterocycles. The van der Waals surface area contributed by atoms with Gasteiger partial charge in [-0.1, -0.05) is 79.5 Å². The molecule has 9 heteroatoms. The maximum Gasteiger partial charge on any atom is 0.246 e. The van der Waals surface area contributed by atoms with Crippen LogP contribution in [-0.2, 0) is 17.9 Å². The van der Waals surface area contributed by atoms with Gasteiger partial charge in [0.05, 0.1) is 11.2 Å². The Morgan fingerprint density at radius 3 is 2.06 bits per heavy atom. The third-order valence-corrected chi connectivity index (χ3v) is 9.19. The first-order chi connectivity index (χ1) is 24.7. The minimum Gasteiger partial charge on any atom is -0.487 e. The molecular formula is C43H45Cl2N3O4. The number of pyridine rings is 1. The Bertz CT molecular complexity index is 1910. The number of benzene rings is 4. The topological polar surface area (TPSA) is 64.1 Å². The lowest BCUT2D eigenvalue weighted by atomic mass is 10.0. The molecule has 0 aliphatic carbocycles. The number of hydrogen-bond donors (Lipinski definition) is 0. The molecule has 0 N–H and O–H groups in total. The summed E-state index contributed by atoms with van der Waals surface area (Å²) in [5.74, 6) is 3.72. The molecule has 0 saturated carbocycles. The summed E-state index contributed by atoms with van der Waals surface area (Å²) in [5, 5.41) is 0.442. The van der Waals surface area contributed by atoms with E-state index in [0.29, 0.717) is 48.0 Å². The van der Waals surface area contributed by atoms with Crippen LogP contribution in [0.25, 0.3) is 6.08 Å². The number of nitrogens with zero attached hydrogens (tertiary/aromatic N) is 3. The molecule has 270 valence electrons. The molecule has 1 saturated heterocycles. The van der Waals surface area contributed by atoms with E-state index in [1.54, 1.807) is 30.5 Å². The van der Waals surface area contributed by atoms with Gasteiger partial charge in [-0.05, 0) is 96.1 Å². The first-order valence-corrected chi connectivity index (χ1v) is 17.7. The van der Waals surface area contributed by atoms with E-state index < -0.39 is 0 Å². The highest BCUT2D eigenvalue weighted by molar-refractivity contribution is 6.32. The molecule has 0 unspecified atom stereocenters. The van der Waals surface area contributed by atoms with Crippen molar-refractivity contribution in [2.45, 2.75) is 46.8 Å². The average molecular weight is 739 g/mol. The summed E-state index contributed by atoms with van der Waals surface area (Å²) in [5.41, 5.74) is 6.47. The number of aryl methyl sites for hydroxylation is 2. The molecule has 1 aliphatic rings. The molecule has 0 atom stereocenters. The van der Waals surface area contributed by atoms with Gasteiger partial charge in [-0.25, -0.2) is 4.98 Å². The third-order valence-electron chi connectivity index (χ3n) is 8.91. The van der Waals surface area contributed by atoms with E-state index in [4.69, 9.17) is 25.8 Å². The number of rotatable bonds is 12. The summed E-state index contributed by atoms with van der Waals surface area (Å²) in [7, 11) is 0. The second-order valence-electron chi connectivity index (χ2n) is 13.3. The Hall–Kier alpha value is -4.82. The molecule has 1 amide bonds. The van der Waals surface area contributed by atoms with Gasteiger partial charge in [-0.2, -0.15) is 0 Å². The largest absolute Gasteiger partial charge is 0.487 e. The Morgan fingerprint density at radius 2 is 1.44 bits per heavy atom. The molecule has 7 nitrogen and oxygen atoms in total. The Kier molecular flexibility index (Phi) is 13.4. The van der Waals surface area contributed by atoms with Crippen LogP contribution in [0.3, 0.4) is 0 Å². The van der Waals surface area contributed by atoms with E-state index >= 15 is 0 Å². The number of carbonyl (C=O) groups is 1. The summed E-state index contributed by atoms with van der Waals surface area (Å²) < 4.78 is 17.9. The van der Waals surface area contributed by atoms with E-state index in [1.165, 1.54) is 16.7 Å². The average Bonchev–Trinajstić information content (AvgIpc) is 3.14. The highest BCUT2D eigenvalue weighted by Crippen LogP contribution is 2.34. The van der Waals surface area contributed by atoms with Crippen LogP contribution >= 0.6 is 24.0 Å². The SMILES string of the molecule is Cc1ccc(COc2ccc(Oc3c(C)cc(C=CC(=O)N4CCN(Cc5ccc(Oc6ccc(C(C)C)cc6)cc5)CC4)cc3Cl)nc2)cc1.Cl. The van der Waals surface area contributed by atoms with Crippen LogP contribution in [0.1, 0.15) is 53.1 Å². The molecule has 6 rings (SSSR count). The van der Waals surface area contributed by atoms with Crippen molar-refractivity contribution in [3.8, 4) is 28.9 Å². The van der Waals surface area contributed by atoms with Gasteiger partial charge in [0, 0.05) is 44.9 Å². The summed E-state index contributed by atoms with van der Waals surface area (Å²) in [6.45, 7) is 12.6. The van der Waals surface area contributed by atoms with Crippen molar-refractivity contribution in [3.05, 3.63) is 148 Å². The third kappa shape index (κ3) is 10.6. The fourth-order valence-corrected chi connectivity index (χ4v) is 6.14. The van der Waals surface area contributed by atoms with Crippen molar-refractivity contribution in [2.24, 2.45) is 0 Å². The van der Waals surface area contributed by atoms with Crippen LogP contribution in [0.5, 0.6) is 28.9 Å². The van der Waals surface area contributed by atoms with E-state index in [2.05, 4.69) is 67.1 Å². The van der Waals surface area contributed by atoms with Crippen molar-refractivity contribution in [2.75, 3.05) is 26.2 Å². The predicted molar refractivity (Wildman–Crippen MR) is 211 cm³/mol. The smallest absolute Gasteiger partial charge is 0.246 e. The summed E-state index contributed by atoms with van der Waals surface area (Å²) in [6.07, 6.45) is 5.06. The highest BCUT2D eigenvalue weighted by atomic mass is 35.5. The van der Waals surface area contributed by atoms with E-state index in [-0.39, 0.29) is 18.3 Å². The molecule has 5 aromatic rings. The van der Waals surface area contributed by atoms with Crippen LogP contribution in [0.15, 0.2) is 109 Å². The summed E-state index contributed by atoms with van der Waals surface area (Å²) in [6, 6.07) is 32.1. The number of amides is 1. The summed E-state index contributed by atoms with van der Waals surface area (Å²) in [4.78, 5) is 21.7. The lowest BCUT2D eigenvalue weighted by molar-refractivity contribution is -0.127. The van der Waals surface area contributed by atoms with Gasteiger partial charge >= 0.3 is 0 Å². The second kappa shape index (κ2) is 18.1. The lowest BCUT2D eigenvalue weighted by Crippen LogP contribution is -2.47. The van der Waals surface area contributed by atoms with Gasteiger partial charge in [-0.3, -0.25) is 9.69 Å². The Labute approximate surface area is 318 Å². The van der Waals surface area contributed by atoms with Crippen molar-refractivity contribution in [1.29, 1.82) is 0 Å². The number of ether oxygens (including phenoxy) is 3. The first kappa shape index (κ1) is 38.4. The van der Waals surface area contributed by atoms with Crippen molar-refractivity contribution in [3.63, 3.8) is 0 Å². The second-order valence-corrected chi connectivity index (χ2v) is 13.7.